The van der Waals surface area contributed by atoms with E-state index >= 15 is 0 Å². The largest absolute Gasteiger partial charge is 0.385 e. The lowest BCUT2D eigenvalue weighted by molar-refractivity contribution is -0.384. The summed E-state index contributed by atoms with van der Waals surface area (Å²) in [5, 5.41) is 26.7. The number of anilines is 1. The third kappa shape index (κ3) is 4.91. The van der Waals surface area contributed by atoms with E-state index in [1.807, 2.05) is 0 Å². The number of hydrogen-bond acceptors (Lipinski definition) is 6. The summed E-state index contributed by atoms with van der Waals surface area (Å²) in [6.45, 7) is 1.71. The van der Waals surface area contributed by atoms with E-state index < -0.39 is 4.92 Å². The summed E-state index contributed by atoms with van der Waals surface area (Å²) >= 11 is 5.94. The zero-order valence-electron chi connectivity index (χ0n) is 15.6. The Morgan fingerprint density at radius 1 is 1.39 bits per heavy atom. The quantitative estimate of drug-likeness (QED) is 0.533. The number of halogens is 1. The Morgan fingerprint density at radius 2 is 2.21 bits per heavy atom. The predicted octanol–water partition coefficient (Wildman–Crippen LogP) is 2.93. The minimum Gasteiger partial charge on any atom is -0.385 e. The number of carbonyl (C=O) groups excluding carboxylic acids is 1. The molecule has 0 bridgehead atoms. The first-order valence-electron chi connectivity index (χ1n) is 9.58. The van der Waals surface area contributed by atoms with Gasteiger partial charge in [-0.2, -0.15) is 5.26 Å². The lowest BCUT2D eigenvalue weighted by Gasteiger charge is -2.21. The van der Waals surface area contributed by atoms with E-state index in [4.69, 9.17) is 16.9 Å². The van der Waals surface area contributed by atoms with Crippen LogP contribution in [-0.4, -0.2) is 47.4 Å². The highest BCUT2D eigenvalue weighted by Crippen LogP contribution is 2.29. The fourth-order valence-electron chi connectivity index (χ4n) is 4.01. The summed E-state index contributed by atoms with van der Waals surface area (Å²) in [7, 11) is 0. The van der Waals surface area contributed by atoms with Gasteiger partial charge in [0.25, 0.3) is 5.69 Å². The van der Waals surface area contributed by atoms with Gasteiger partial charge in [-0.25, -0.2) is 0 Å². The first kappa shape index (κ1) is 20.4. The number of nitrogens with one attached hydrogen (secondary N) is 2. The Hall–Kier alpha value is -2.37. The smallest absolute Gasteiger partial charge is 0.288 e. The van der Waals surface area contributed by atoms with E-state index in [9.17, 15) is 14.9 Å². The first-order valence-corrected chi connectivity index (χ1v) is 9.96. The molecule has 28 heavy (non-hydrogen) atoms. The van der Waals surface area contributed by atoms with Crippen LogP contribution < -0.4 is 10.6 Å². The molecule has 0 aromatic heterocycles. The Bertz CT molecular complexity index is 781. The van der Waals surface area contributed by atoms with Crippen LogP contribution in [-0.2, 0) is 4.79 Å². The molecule has 3 rings (SSSR count). The van der Waals surface area contributed by atoms with Crippen molar-refractivity contribution in [3.63, 3.8) is 0 Å². The van der Waals surface area contributed by atoms with Gasteiger partial charge in [0.2, 0.25) is 5.91 Å². The van der Waals surface area contributed by atoms with Crippen molar-refractivity contribution in [3.8, 4) is 6.07 Å². The van der Waals surface area contributed by atoms with Crippen molar-refractivity contribution in [3.05, 3.63) is 33.3 Å². The highest BCUT2D eigenvalue weighted by Gasteiger charge is 2.30. The van der Waals surface area contributed by atoms with E-state index in [1.165, 1.54) is 6.07 Å². The Balaban J connectivity index is 1.41. The van der Waals surface area contributed by atoms with Crippen molar-refractivity contribution < 1.29 is 9.72 Å². The Morgan fingerprint density at radius 3 is 2.93 bits per heavy atom. The summed E-state index contributed by atoms with van der Waals surface area (Å²) in [6, 6.07) is 6.86. The van der Waals surface area contributed by atoms with Crippen LogP contribution in [0.15, 0.2) is 18.2 Å². The monoisotopic (exact) mass is 405 g/mol. The summed E-state index contributed by atoms with van der Waals surface area (Å²) in [5.74, 6) is 0.464. The second kappa shape index (κ2) is 9.22. The van der Waals surface area contributed by atoms with Crippen molar-refractivity contribution in [2.24, 2.45) is 5.92 Å². The van der Waals surface area contributed by atoms with Crippen LogP contribution in [0.25, 0.3) is 0 Å². The number of nitro groups is 1. The molecule has 2 N–H and O–H groups in total. The normalized spacial score (nSPS) is 24.1. The van der Waals surface area contributed by atoms with Gasteiger partial charge in [0, 0.05) is 30.9 Å². The van der Waals surface area contributed by atoms with E-state index in [1.54, 1.807) is 17.0 Å². The average Bonchev–Trinajstić information content (AvgIpc) is 3.33. The van der Waals surface area contributed by atoms with Gasteiger partial charge < -0.3 is 15.5 Å². The lowest BCUT2D eigenvalue weighted by Crippen LogP contribution is -2.43. The maximum Gasteiger partial charge on any atom is 0.288 e. The molecule has 3 atom stereocenters. The van der Waals surface area contributed by atoms with Crippen LogP contribution in [0.1, 0.15) is 32.1 Å². The SMILES string of the molecule is N#C[C@@H]1CCCN1C(=O)CN[C@@H]1CC[C@H](CNc2ccc([N+](=O)[O-])c(Cl)c2)C1. The second-order valence-corrected chi connectivity index (χ2v) is 7.84. The number of amides is 1. The molecule has 8 nitrogen and oxygen atoms in total. The topological polar surface area (TPSA) is 111 Å². The maximum atomic E-state index is 12.3. The maximum absolute atomic E-state index is 12.3. The fourth-order valence-corrected chi connectivity index (χ4v) is 4.26. The highest BCUT2D eigenvalue weighted by molar-refractivity contribution is 6.32. The number of hydrogen-bond donors (Lipinski definition) is 2. The number of likely N-dealkylation sites (tertiary alicyclic amines) is 1. The molecule has 1 amide bonds. The third-order valence-corrected chi connectivity index (χ3v) is 5.85. The van der Waals surface area contributed by atoms with Gasteiger partial charge >= 0.3 is 0 Å². The number of carbonyl (C=O) groups is 1. The van der Waals surface area contributed by atoms with Gasteiger partial charge in [-0.1, -0.05) is 11.6 Å². The predicted molar refractivity (Wildman–Crippen MR) is 106 cm³/mol. The van der Waals surface area contributed by atoms with E-state index in [0.717, 1.165) is 44.3 Å². The van der Waals surface area contributed by atoms with Crippen LogP contribution in [0.2, 0.25) is 5.02 Å². The van der Waals surface area contributed by atoms with E-state index in [0.29, 0.717) is 18.5 Å². The summed E-state index contributed by atoms with van der Waals surface area (Å²) in [5.41, 5.74) is 0.664. The number of nitriles is 1. The lowest BCUT2D eigenvalue weighted by atomic mass is 10.1. The van der Waals surface area contributed by atoms with Gasteiger partial charge in [0.1, 0.15) is 11.1 Å². The van der Waals surface area contributed by atoms with Crippen molar-refractivity contribution in [2.75, 3.05) is 25.0 Å². The molecule has 1 saturated heterocycles. The number of nitro benzene ring substituents is 1. The van der Waals surface area contributed by atoms with Crippen molar-refractivity contribution in [2.45, 2.75) is 44.2 Å². The summed E-state index contributed by atoms with van der Waals surface area (Å²) in [6.07, 6.45) is 4.68. The van der Waals surface area contributed by atoms with E-state index in [2.05, 4.69) is 16.7 Å². The number of rotatable bonds is 7. The van der Waals surface area contributed by atoms with Crippen LogP contribution in [0, 0.1) is 27.4 Å². The van der Waals surface area contributed by atoms with Gasteiger partial charge in [-0.15, -0.1) is 0 Å². The third-order valence-electron chi connectivity index (χ3n) is 5.54. The van der Waals surface area contributed by atoms with Crippen LogP contribution in [0.5, 0.6) is 0 Å². The molecule has 1 aromatic rings. The molecule has 1 saturated carbocycles. The zero-order valence-corrected chi connectivity index (χ0v) is 16.3. The molecular formula is C19H24ClN5O3. The highest BCUT2D eigenvalue weighted by atomic mass is 35.5. The summed E-state index contributed by atoms with van der Waals surface area (Å²) in [4.78, 5) is 24.3. The van der Waals surface area contributed by atoms with Crippen LogP contribution >= 0.6 is 11.6 Å². The molecule has 1 aliphatic carbocycles. The Labute approximate surface area is 169 Å². The van der Waals surface area contributed by atoms with Crippen LogP contribution in [0.4, 0.5) is 11.4 Å². The van der Waals surface area contributed by atoms with Crippen molar-refractivity contribution in [1.29, 1.82) is 5.26 Å². The minimum atomic E-state index is -0.498. The zero-order chi connectivity index (χ0) is 20.1. The van der Waals surface area contributed by atoms with Gasteiger partial charge in [0.15, 0.2) is 0 Å². The molecule has 1 aromatic carbocycles. The van der Waals surface area contributed by atoms with Crippen molar-refractivity contribution in [1.82, 2.24) is 10.2 Å². The molecule has 150 valence electrons. The number of benzene rings is 1. The molecular weight excluding hydrogens is 382 g/mol. The molecule has 2 aliphatic rings. The first-order chi connectivity index (χ1) is 13.5. The second-order valence-electron chi connectivity index (χ2n) is 7.44. The minimum absolute atomic E-state index is 0.00569. The fraction of sp³-hybridized carbons (Fsp3) is 0.579. The summed E-state index contributed by atoms with van der Waals surface area (Å²) < 4.78 is 0. The van der Waals surface area contributed by atoms with E-state index in [-0.39, 0.29) is 29.2 Å². The number of nitrogens with zero attached hydrogens (tertiary/aromatic N) is 3. The Kier molecular flexibility index (Phi) is 6.70. The molecule has 9 heteroatoms. The standard InChI is InChI=1S/C19H24ClN5O3/c20-17-9-15(5-6-18(17)25(27)28)22-11-13-3-4-14(8-13)23-12-19(26)24-7-1-2-16(24)10-21/h5-6,9,13-14,16,22-23H,1-4,7-8,11-12H2/t13-,14+,16-/m0/s1. The average molecular weight is 406 g/mol. The van der Waals surface area contributed by atoms with Gasteiger partial charge in [-0.05, 0) is 50.2 Å². The molecule has 0 unspecified atom stereocenters. The molecule has 2 fully saturated rings. The molecule has 0 spiro atoms. The molecule has 1 aliphatic heterocycles. The van der Waals surface area contributed by atoms with Crippen molar-refractivity contribution >= 4 is 28.9 Å². The van der Waals surface area contributed by atoms with Crippen LogP contribution in [0.3, 0.4) is 0 Å². The molecule has 0 radical (unpaired) electrons. The van der Waals surface area contributed by atoms with Gasteiger partial charge in [0.05, 0.1) is 17.5 Å². The van der Waals surface area contributed by atoms with Gasteiger partial charge in [-0.3, -0.25) is 14.9 Å². The molecule has 1 heterocycles.